The van der Waals surface area contributed by atoms with Crippen molar-refractivity contribution in [2.45, 2.75) is 125 Å². The second kappa shape index (κ2) is 10.5. The van der Waals surface area contributed by atoms with Gasteiger partial charge in [0.25, 0.3) is 0 Å². The van der Waals surface area contributed by atoms with E-state index in [9.17, 15) is 0 Å². The molecule has 3 aromatic rings. The van der Waals surface area contributed by atoms with Gasteiger partial charge in [-0.2, -0.15) is 0 Å². The molecule has 0 saturated heterocycles. The first-order valence-electron chi connectivity index (χ1n) is 14.7. The van der Waals surface area contributed by atoms with Crippen molar-refractivity contribution in [1.82, 2.24) is 4.98 Å². The van der Waals surface area contributed by atoms with Gasteiger partial charge in [-0.3, -0.25) is 4.98 Å². The maximum Gasteiger partial charge on any atom is 0.0780 e. The van der Waals surface area contributed by atoms with Crippen LogP contribution in [0.1, 0.15) is 116 Å². The Balaban J connectivity index is 1.64. The van der Waals surface area contributed by atoms with Crippen molar-refractivity contribution in [2.24, 2.45) is 0 Å². The summed E-state index contributed by atoms with van der Waals surface area (Å²) in [7, 11) is -0.950. The Morgan fingerprint density at radius 1 is 0.667 bits per heavy atom. The number of rotatable bonds is 7. The molecule has 0 radical (unpaired) electrons. The van der Waals surface area contributed by atoms with Crippen LogP contribution in [-0.2, 0) is 0 Å². The Labute approximate surface area is 221 Å². The van der Waals surface area contributed by atoms with Gasteiger partial charge in [-0.1, -0.05) is 79.4 Å². The minimum Gasteiger partial charge on any atom is -0.256 e. The molecular formula is C34H47NS. The Morgan fingerprint density at radius 2 is 1.19 bits per heavy atom. The fourth-order valence-corrected chi connectivity index (χ4v) is 13.4. The Bertz CT molecular complexity index is 1140. The molecular weight excluding hydrogens is 454 g/mol. The van der Waals surface area contributed by atoms with E-state index in [0.29, 0.717) is 15.7 Å². The molecule has 1 aromatic heterocycles. The molecule has 36 heavy (non-hydrogen) atoms. The number of nitrogens with zero attached hydrogens (tertiary/aromatic N) is 1. The second-order valence-corrected chi connectivity index (χ2v) is 17.1. The molecule has 1 nitrogen and oxygen atoms in total. The quantitative estimate of drug-likeness (QED) is 0.314. The first-order valence-corrected chi connectivity index (χ1v) is 16.5. The lowest BCUT2D eigenvalue weighted by atomic mass is 9.87. The molecule has 194 valence electrons. The van der Waals surface area contributed by atoms with E-state index >= 15 is 0 Å². The van der Waals surface area contributed by atoms with Gasteiger partial charge in [0.2, 0.25) is 0 Å². The van der Waals surface area contributed by atoms with Crippen molar-refractivity contribution in [3.63, 3.8) is 0 Å². The van der Waals surface area contributed by atoms with Crippen LogP contribution in [0.25, 0.3) is 22.0 Å². The van der Waals surface area contributed by atoms with Crippen LogP contribution in [0.4, 0.5) is 0 Å². The Kier molecular flexibility index (Phi) is 7.55. The van der Waals surface area contributed by atoms with Crippen LogP contribution in [0.5, 0.6) is 0 Å². The van der Waals surface area contributed by atoms with E-state index in [-0.39, 0.29) is 0 Å². The Morgan fingerprint density at radius 3 is 1.69 bits per heavy atom. The number of hydrogen-bond donors (Lipinski definition) is 0. The maximum atomic E-state index is 5.02. The molecule has 2 aliphatic carbocycles. The van der Waals surface area contributed by atoms with Crippen LogP contribution in [0.15, 0.2) is 53.6 Å². The molecule has 0 aliphatic heterocycles. The molecule has 2 heteroatoms. The first-order chi connectivity index (χ1) is 17.3. The summed E-state index contributed by atoms with van der Waals surface area (Å²) >= 11 is 0. The third kappa shape index (κ3) is 4.53. The van der Waals surface area contributed by atoms with E-state index in [1.165, 1.54) is 73.4 Å². The number of benzene rings is 2. The lowest BCUT2D eigenvalue weighted by Crippen LogP contribution is -2.28. The summed E-state index contributed by atoms with van der Waals surface area (Å²) in [6.45, 7) is 14.6. The average Bonchev–Trinajstić information content (AvgIpc) is 3.58. The molecule has 0 N–H and O–H groups in total. The van der Waals surface area contributed by atoms with Crippen LogP contribution in [0.2, 0.25) is 0 Å². The van der Waals surface area contributed by atoms with Gasteiger partial charge in [0.1, 0.15) is 0 Å². The summed E-state index contributed by atoms with van der Waals surface area (Å²) < 4.78 is 0. The van der Waals surface area contributed by atoms with Gasteiger partial charge >= 0.3 is 0 Å². The highest BCUT2D eigenvalue weighted by molar-refractivity contribution is 8.35. The molecule has 5 rings (SSSR count). The maximum absolute atomic E-state index is 5.02. The molecule has 0 amide bonds. The Hall–Kier alpha value is -1.80. The zero-order valence-corrected chi connectivity index (χ0v) is 24.3. The lowest BCUT2D eigenvalue weighted by molar-refractivity contribution is 0.701. The van der Waals surface area contributed by atoms with Gasteiger partial charge in [-0.15, -0.1) is 0 Å². The highest BCUT2D eigenvalue weighted by Gasteiger charge is 2.36. The monoisotopic (exact) mass is 501 g/mol. The number of aromatic nitrogens is 1. The minimum atomic E-state index is -0.950. The molecule has 2 saturated carbocycles. The molecule has 0 atom stereocenters. The van der Waals surface area contributed by atoms with Crippen LogP contribution in [-0.4, -0.2) is 20.7 Å². The minimum absolute atomic E-state index is 0.660. The highest BCUT2D eigenvalue weighted by Crippen LogP contribution is 2.66. The van der Waals surface area contributed by atoms with Gasteiger partial charge in [-0.05, 0) is 105 Å². The van der Waals surface area contributed by atoms with E-state index in [2.05, 4.69) is 90.2 Å². The van der Waals surface area contributed by atoms with Crippen LogP contribution in [0.3, 0.4) is 0 Å². The average molecular weight is 502 g/mol. The highest BCUT2D eigenvalue weighted by atomic mass is 32.3. The summed E-state index contributed by atoms with van der Waals surface area (Å²) in [5, 5.41) is 4.65. The largest absolute Gasteiger partial charge is 0.256 e. The second-order valence-electron chi connectivity index (χ2n) is 12.3. The van der Waals surface area contributed by atoms with Gasteiger partial charge in [0, 0.05) is 17.1 Å². The van der Waals surface area contributed by atoms with Crippen molar-refractivity contribution < 1.29 is 0 Å². The van der Waals surface area contributed by atoms with Crippen molar-refractivity contribution in [3.05, 3.63) is 59.8 Å². The van der Waals surface area contributed by atoms with Crippen molar-refractivity contribution in [3.8, 4) is 11.3 Å². The molecule has 0 bridgehead atoms. The number of pyridine rings is 1. The third-order valence-electron chi connectivity index (χ3n) is 9.39. The van der Waals surface area contributed by atoms with Crippen LogP contribution < -0.4 is 0 Å². The van der Waals surface area contributed by atoms with Gasteiger partial charge in [-0.25, -0.2) is 10.0 Å². The molecule has 0 spiro atoms. The van der Waals surface area contributed by atoms with Crippen LogP contribution >= 0.6 is 10.0 Å². The molecule has 2 fully saturated rings. The fourth-order valence-electron chi connectivity index (χ4n) is 7.86. The van der Waals surface area contributed by atoms with E-state index in [0.717, 1.165) is 11.8 Å². The van der Waals surface area contributed by atoms with E-state index in [1.807, 2.05) is 0 Å². The summed E-state index contributed by atoms with van der Waals surface area (Å²) in [5.74, 6) is 1.47. The summed E-state index contributed by atoms with van der Waals surface area (Å²) in [6.07, 6.45) is 13.0. The summed E-state index contributed by atoms with van der Waals surface area (Å²) in [4.78, 5) is 6.58. The zero-order valence-electron chi connectivity index (χ0n) is 23.5. The third-order valence-corrected chi connectivity index (χ3v) is 15.1. The summed E-state index contributed by atoms with van der Waals surface area (Å²) in [6, 6.07) is 17.2. The van der Waals surface area contributed by atoms with Crippen molar-refractivity contribution in [1.29, 1.82) is 0 Å². The standard InChI is InChI=1S/C34H47NS/c1-23(2)36(24(3)4,25(5)6)32-15-16-33-28(22-32)17-18-35-34(33)31-20-29(26-11-7-8-12-26)19-30(21-31)27-13-9-10-14-27/h15-27H,7-14H2,1-6H3. The topological polar surface area (TPSA) is 12.9 Å². The molecule has 2 aromatic carbocycles. The number of hydrogen-bond acceptors (Lipinski definition) is 1. The normalized spacial score (nSPS) is 18.4. The van der Waals surface area contributed by atoms with Crippen molar-refractivity contribution >= 4 is 20.8 Å². The summed E-state index contributed by atoms with van der Waals surface area (Å²) in [5.41, 5.74) is 5.67. The lowest BCUT2D eigenvalue weighted by Gasteiger charge is -2.52. The van der Waals surface area contributed by atoms with Gasteiger partial charge in [0.15, 0.2) is 0 Å². The predicted molar refractivity (Wildman–Crippen MR) is 161 cm³/mol. The van der Waals surface area contributed by atoms with Gasteiger partial charge in [0.05, 0.1) is 5.69 Å². The fraction of sp³-hybridized carbons (Fsp3) is 0.559. The molecule has 1 heterocycles. The SMILES string of the molecule is CC(C)S(c1ccc2c(-c3cc(C4CCCC4)cc(C4CCCC4)c3)nccc2c1)(C(C)C)C(C)C. The molecule has 0 unspecified atom stereocenters. The van der Waals surface area contributed by atoms with E-state index < -0.39 is 10.0 Å². The predicted octanol–water partition coefficient (Wildman–Crippen LogP) is 10.6. The molecule has 2 aliphatic rings. The zero-order chi connectivity index (χ0) is 25.4. The van der Waals surface area contributed by atoms with E-state index in [1.54, 1.807) is 16.0 Å². The van der Waals surface area contributed by atoms with Crippen molar-refractivity contribution in [2.75, 3.05) is 0 Å². The van der Waals surface area contributed by atoms with E-state index in [4.69, 9.17) is 4.98 Å². The first kappa shape index (κ1) is 25.8. The smallest absolute Gasteiger partial charge is 0.0780 e. The van der Waals surface area contributed by atoms with Crippen LogP contribution in [0, 0.1) is 0 Å². The van der Waals surface area contributed by atoms with Gasteiger partial charge < -0.3 is 0 Å². The number of fused-ring (bicyclic) bond motifs is 1.